The molecule has 1 heterocycles. The van der Waals surface area contributed by atoms with Gasteiger partial charge in [-0.05, 0) is 36.6 Å². The molecule has 0 atom stereocenters. The van der Waals surface area contributed by atoms with E-state index in [1.54, 1.807) is 30.0 Å². The van der Waals surface area contributed by atoms with Crippen molar-refractivity contribution < 1.29 is 9.59 Å². The van der Waals surface area contributed by atoms with Crippen molar-refractivity contribution in [1.82, 2.24) is 0 Å². The number of Topliss-reactive ketones (excluding diaryl/α,β-unsaturated/α-hetero) is 1. The quantitative estimate of drug-likeness (QED) is 0.623. The first-order valence-corrected chi connectivity index (χ1v) is 7.07. The molecule has 0 radical (unpaired) electrons. The van der Waals surface area contributed by atoms with Gasteiger partial charge in [0, 0.05) is 11.6 Å². The first kappa shape index (κ1) is 12.5. The summed E-state index contributed by atoms with van der Waals surface area (Å²) in [5, 5.41) is 0.543. The average molecular weight is 270 g/mol. The van der Waals surface area contributed by atoms with Gasteiger partial charge in [0.15, 0.2) is 0 Å². The third-order valence-electron chi connectivity index (χ3n) is 2.66. The van der Waals surface area contributed by atoms with Crippen LogP contribution in [0.5, 0.6) is 0 Å². The highest BCUT2D eigenvalue weighted by molar-refractivity contribution is 7.98. The third kappa shape index (κ3) is 2.33. The number of rotatable bonds is 4. The van der Waals surface area contributed by atoms with E-state index in [2.05, 4.69) is 0 Å². The number of carbonyl (C=O) groups is 2. The van der Waals surface area contributed by atoms with Gasteiger partial charge in [-0.2, -0.15) is 11.8 Å². The lowest BCUT2D eigenvalue weighted by molar-refractivity contribution is -0.114. The summed E-state index contributed by atoms with van der Waals surface area (Å²) in [4.78, 5) is 25.0. The fourth-order valence-corrected chi connectivity index (χ4v) is 2.44. The van der Waals surface area contributed by atoms with E-state index in [4.69, 9.17) is 11.6 Å². The van der Waals surface area contributed by atoms with Crippen LogP contribution >= 0.6 is 23.4 Å². The Morgan fingerprint density at radius 2 is 2.12 bits per heavy atom. The fraction of sp³-hybridized carbons (Fsp3) is 0.333. The van der Waals surface area contributed by atoms with Crippen LogP contribution in [0.15, 0.2) is 18.2 Å². The van der Waals surface area contributed by atoms with E-state index < -0.39 is 11.7 Å². The number of anilines is 1. The Balaban J connectivity index is 2.26. The van der Waals surface area contributed by atoms with Crippen LogP contribution < -0.4 is 4.90 Å². The molecule has 0 spiro atoms. The van der Waals surface area contributed by atoms with Gasteiger partial charge in [0.1, 0.15) is 0 Å². The maximum atomic E-state index is 11.8. The lowest BCUT2D eigenvalue weighted by Crippen LogP contribution is -2.30. The Morgan fingerprint density at radius 1 is 1.35 bits per heavy atom. The number of amides is 1. The van der Waals surface area contributed by atoms with Crippen molar-refractivity contribution >= 4 is 40.7 Å². The van der Waals surface area contributed by atoms with Gasteiger partial charge in [0.25, 0.3) is 11.7 Å². The van der Waals surface area contributed by atoms with Crippen LogP contribution in [0, 0.1) is 0 Å². The number of thioether (sulfide) groups is 1. The molecule has 90 valence electrons. The molecule has 1 amide bonds. The molecule has 0 N–H and O–H groups in total. The van der Waals surface area contributed by atoms with Crippen LogP contribution in [0.3, 0.4) is 0 Å². The summed E-state index contributed by atoms with van der Waals surface area (Å²) in [6.07, 6.45) is 2.88. The summed E-state index contributed by atoms with van der Waals surface area (Å²) in [6, 6.07) is 4.93. The Hall–Kier alpha value is -1.00. The predicted octanol–water partition coefficient (Wildman–Crippen LogP) is 2.62. The maximum Gasteiger partial charge on any atom is 0.299 e. The number of hydrogen-bond acceptors (Lipinski definition) is 3. The molecule has 0 saturated carbocycles. The number of nitrogens with zero attached hydrogens (tertiary/aromatic N) is 1. The number of benzene rings is 1. The number of halogens is 1. The topological polar surface area (TPSA) is 37.4 Å². The standard InChI is InChI=1S/C12H12ClNO2S/c1-17-6-2-5-14-10-7-8(13)3-4-9(10)11(15)12(14)16/h3-4,7H,2,5-6H2,1H3. The molecule has 17 heavy (non-hydrogen) atoms. The van der Waals surface area contributed by atoms with E-state index in [0.717, 1.165) is 12.2 Å². The molecule has 0 aromatic heterocycles. The first-order valence-electron chi connectivity index (χ1n) is 5.30. The minimum absolute atomic E-state index is 0.430. The molecule has 1 aromatic rings. The molecule has 0 unspecified atom stereocenters. The van der Waals surface area contributed by atoms with E-state index in [0.29, 0.717) is 22.8 Å². The molecule has 1 aliphatic rings. The molecule has 2 rings (SSSR count). The average Bonchev–Trinajstić information content (AvgIpc) is 2.54. The van der Waals surface area contributed by atoms with Crippen molar-refractivity contribution in [2.75, 3.05) is 23.5 Å². The molecule has 0 saturated heterocycles. The molecule has 1 aliphatic heterocycles. The van der Waals surface area contributed by atoms with Gasteiger partial charge in [-0.3, -0.25) is 9.59 Å². The van der Waals surface area contributed by atoms with Crippen molar-refractivity contribution in [2.45, 2.75) is 6.42 Å². The van der Waals surface area contributed by atoms with Crippen LogP contribution in [0.2, 0.25) is 5.02 Å². The van der Waals surface area contributed by atoms with Crippen LogP contribution in [0.1, 0.15) is 16.8 Å². The molecule has 0 fully saturated rings. The number of ketones is 1. The monoisotopic (exact) mass is 269 g/mol. The molecule has 1 aromatic carbocycles. The fourth-order valence-electron chi connectivity index (χ4n) is 1.86. The van der Waals surface area contributed by atoms with Crippen molar-refractivity contribution in [2.24, 2.45) is 0 Å². The van der Waals surface area contributed by atoms with Gasteiger partial charge in [-0.25, -0.2) is 0 Å². The minimum atomic E-state index is -0.441. The summed E-state index contributed by atoms with van der Waals surface area (Å²) in [5.41, 5.74) is 1.11. The zero-order valence-electron chi connectivity index (χ0n) is 9.40. The van der Waals surface area contributed by atoms with E-state index in [1.165, 1.54) is 4.90 Å². The second-order valence-electron chi connectivity index (χ2n) is 3.79. The van der Waals surface area contributed by atoms with E-state index in [9.17, 15) is 9.59 Å². The largest absolute Gasteiger partial charge is 0.305 e. The Kier molecular flexibility index (Phi) is 3.74. The second-order valence-corrected chi connectivity index (χ2v) is 5.22. The highest BCUT2D eigenvalue weighted by Crippen LogP contribution is 2.31. The summed E-state index contributed by atoms with van der Waals surface area (Å²) in [7, 11) is 0. The molecule has 0 aliphatic carbocycles. The highest BCUT2D eigenvalue weighted by Gasteiger charge is 2.35. The lowest BCUT2D eigenvalue weighted by atomic mass is 10.1. The van der Waals surface area contributed by atoms with Crippen LogP contribution in [0.4, 0.5) is 5.69 Å². The van der Waals surface area contributed by atoms with Crippen LogP contribution in [0.25, 0.3) is 0 Å². The zero-order chi connectivity index (χ0) is 12.4. The minimum Gasteiger partial charge on any atom is -0.305 e. The van der Waals surface area contributed by atoms with Crippen LogP contribution in [-0.4, -0.2) is 30.2 Å². The summed E-state index contributed by atoms with van der Waals surface area (Å²) >= 11 is 7.61. The number of hydrogen-bond donors (Lipinski definition) is 0. The van der Waals surface area contributed by atoms with Crippen LogP contribution in [-0.2, 0) is 4.79 Å². The molecule has 3 nitrogen and oxygen atoms in total. The van der Waals surface area contributed by atoms with Crippen molar-refractivity contribution in [3.05, 3.63) is 28.8 Å². The first-order chi connectivity index (χ1) is 8.15. The summed E-state index contributed by atoms with van der Waals surface area (Å²) in [5.74, 6) is 0.0950. The van der Waals surface area contributed by atoms with Gasteiger partial charge in [-0.15, -0.1) is 0 Å². The molecule has 5 heteroatoms. The zero-order valence-corrected chi connectivity index (χ0v) is 11.0. The van der Waals surface area contributed by atoms with Gasteiger partial charge < -0.3 is 4.90 Å². The number of carbonyl (C=O) groups excluding carboxylic acids is 2. The van der Waals surface area contributed by atoms with Gasteiger partial charge >= 0.3 is 0 Å². The Labute approximate surface area is 109 Å². The predicted molar refractivity (Wildman–Crippen MR) is 71.1 cm³/mol. The SMILES string of the molecule is CSCCCN1C(=O)C(=O)c2ccc(Cl)cc21. The Bertz CT molecular complexity index is 476. The van der Waals surface area contributed by atoms with Gasteiger partial charge in [0.05, 0.1) is 11.3 Å². The second kappa shape index (κ2) is 5.10. The Morgan fingerprint density at radius 3 is 2.82 bits per heavy atom. The van der Waals surface area contributed by atoms with Gasteiger partial charge in [0.2, 0.25) is 0 Å². The van der Waals surface area contributed by atoms with Crippen molar-refractivity contribution in [3.63, 3.8) is 0 Å². The van der Waals surface area contributed by atoms with Gasteiger partial charge in [-0.1, -0.05) is 11.6 Å². The molecular weight excluding hydrogens is 258 g/mol. The summed E-state index contributed by atoms with van der Waals surface area (Å²) in [6.45, 7) is 0.568. The normalized spacial score (nSPS) is 14.4. The van der Waals surface area contributed by atoms with E-state index in [1.807, 2.05) is 6.26 Å². The highest BCUT2D eigenvalue weighted by atomic mass is 35.5. The lowest BCUT2D eigenvalue weighted by Gasteiger charge is -2.16. The smallest absolute Gasteiger partial charge is 0.299 e. The van der Waals surface area contributed by atoms with E-state index in [-0.39, 0.29) is 0 Å². The van der Waals surface area contributed by atoms with Crippen molar-refractivity contribution in [3.8, 4) is 0 Å². The maximum absolute atomic E-state index is 11.8. The van der Waals surface area contributed by atoms with Crippen molar-refractivity contribution in [1.29, 1.82) is 0 Å². The number of fused-ring (bicyclic) bond motifs is 1. The third-order valence-corrected chi connectivity index (χ3v) is 3.60. The summed E-state index contributed by atoms with van der Waals surface area (Å²) < 4.78 is 0. The van der Waals surface area contributed by atoms with E-state index >= 15 is 0 Å². The molecular formula is C12H12ClNO2S. The molecule has 0 bridgehead atoms.